The van der Waals surface area contributed by atoms with Gasteiger partial charge in [0.2, 0.25) is 5.91 Å². The van der Waals surface area contributed by atoms with Crippen molar-refractivity contribution in [3.05, 3.63) is 24.3 Å². The summed E-state index contributed by atoms with van der Waals surface area (Å²) in [6.07, 6.45) is 0.449. The summed E-state index contributed by atoms with van der Waals surface area (Å²) in [6, 6.07) is 7.46. The first kappa shape index (κ1) is 15.3. The van der Waals surface area contributed by atoms with Crippen LogP contribution in [-0.4, -0.2) is 60.8 Å². The molecule has 122 valence electrons. The number of hydrazone groups is 1. The lowest BCUT2D eigenvalue weighted by molar-refractivity contribution is -0.130. The van der Waals surface area contributed by atoms with E-state index in [-0.39, 0.29) is 17.9 Å². The molecule has 0 fully saturated rings. The van der Waals surface area contributed by atoms with Crippen LogP contribution >= 0.6 is 0 Å². The van der Waals surface area contributed by atoms with E-state index in [1.165, 1.54) is 5.01 Å². The van der Waals surface area contributed by atoms with Gasteiger partial charge in [0.25, 0.3) is 5.91 Å². The number of hydrogen-bond acceptors (Lipinski definition) is 5. The van der Waals surface area contributed by atoms with Gasteiger partial charge in [-0.1, -0.05) is 12.1 Å². The molecule has 1 aromatic rings. The van der Waals surface area contributed by atoms with Gasteiger partial charge in [0.1, 0.15) is 12.3 Å². The topological polar surface area (TPSA) is 71.4 Å². The van der Waals surface area contributed by atoms with Gasteiger partial charge in [-0.05, 0) is 12.1 Å². The number of carbonyl (C=O) groups excluding carboxylic acids is 2. The van der Waals surface area contributed by atoms with E-state index in [4.69, 9.17) is 9.47 Å². The predicted molar refractivity (Wildman–Crippen MR) is 83.4 cm³/mol. The fourth-order valence-corrected chi connectivity index (χ4v) is 2.59. The molecule has 0 N–H and O–H groups in total. The van der Waals surface area contributed by atoms with Crippen molar-refractivity contribution < 1.29 is 19.1 Å². The molecule has 2 amide bonds. The highest BCUT2D eigenvalue weighted by atomic mass is 16.6. The Balaban J connectivity index is 1.61. The zero-order valence-corrected chi connectivity index (χ0v) is 13.2. The number of benzene rings is 1. The largest absolute Gasteiger partial charge is 0.486 e. The van der Waals surface area contributed by atoms with Gasteiger partial charge in [-0.15, -0.1) is 0 Å². The van der Waals surface area contributed by atoms with Crippen molar-refractivity contribution >= 4 is 17.5 Å². The van der Waals surface area contributed by atoms with Gasteiger partial charge in [-0.2, -0.15) is 5.10 Å². The minimum absolute atomic E-state index is 0.0789. The van der Waals surface area contributed by atoms with Crippen molar-refractivity contribution in [2.75, 3.05) is 27.2 Å². The van der Waals surface area contributed by atoms with Crippen molar-refractivity contribution in [3.63, 3.8) is 0 Å². The molecule has 0 saturated carbocycles. The van der Waals surface area contributed by atoms with Gasteiger partial charge >= 0.3 is 0 Å². The first-order valence-electron chi connectivity index (χ1n) is 7.52. The first-order chi connectivity index (χ1) is 11.0. The van der Waals surface area contributed by atoms with Crippen LogP contribution in [-0.2, 0) is 9.59 Å². The number of ether oxygens (including phenoxy) is 2. The normalized spacial score (nSPS) is 20.1. The van der Waals surface area contributed by atoms with E-state index in [9.17, 15) is 9.59 Å². The molecular formula is C16H19N3O4. The SMILES string of the molecule is CN(C[C@@H]1COc2ccccc2O1)C(=O)C1=NN(C)C(=O)CC1. The molecule has 3 rings (SSSR count). The average Bonchev–Trinajstić information content (AvgIpc) is 2.56. The Morgan fingerprint density at radius 3 is 2.83 bits per heavy atom. The molecule has 1 aromatic carbocycles. The van der Waals surface area contributed by atoms with Gasteiger partial charge in [0.05, 0.1) is 6.54 Å². The highest BCUT2D eigenvalue weighted by Crippen LogP contribution is 2.30. The quantitative estimate of drug-likeness (QED) is 0.830. The zero-order chi connectivity index (χ0) is 16.4. The maximum Gasteiger partial charge on any atom is 0.269 e. The zero-order valence-electron chi connectivity index (χ0n) is 13.2. The van der Waals surface area contributed by atoms with Crippen molar-refractivity contribution in [1.82, 2.24) is 9.91 Å². The number of amides is 2. The highest BCUT2D eigenvalue weighted by Gasteiger charge is 2.28. The maximum absolute atomic E-state index is 12.4. The van der Waals surface area contributed by atoms with Crippen LogP contribution in [0.4, 0.5) is 0 Å². The smallest absolute Gasteiger partial charge is 0.269 e. The third-order valence-electron chi connectivity index (χ3n) is 3.85. The van der Waals surface area contributed by atoms with Crippen molar-refractivity contribution in [2.24, 2.45) is 5.10 Å². The van der Waals surface area contributed by atoms with Crippen molar-refractivity contribution in [2.45, 2.75) is 18.9 Å². The second kappa shape index (κ2) is 6.28. The lowest BCUT2D eigenvalue weighted by Crippen LogP contribution is -2.45. The fraction of sp³-hybridized carbons (Fsp3) is 0.438. The maximum atomic E-state index is 12.4. The van der Waals surface area contributed by atoms with Crippen LogP contribution in [0.1, 0.15) is 12.8 Å². The van der Waals surface area contributed by atoms with Gasteiger partial charge in [-0.25, -0.2) is 5.01 Å². The van der Waals surface area contributed by atoms with E-state index < -0.39 is 0 Å². The molecule has 1 atom stereocenters. The number of likely N-dealkylation sites (N-methyl/N-ethyl adjacent to an activating group) is 1. The molecule has 0 saturated heterocycles. The summed E-state index contributed by atoms with van der Waals surface area (Å²) in [5.41, 5.74) is 0.395. The van der Waals surface area contributed by atoms with Crippen LogP contribution < -0.4 is 9.47 Å². The lowest BCUT2D eigenvalue weighted by atomic mass is 10.1. The molecular weight excluding hydrogens is 298 g/mol. The Morgan fingerprint density at radius 1 is 1.35 bits per heavy atom. The molecule has 0 unspecified atom stereocenters. The van der Waals surface area contributed by atoms with Crippen LogP contribution in [0, 0.1) is 0 Å². The average molecular weight is 317 g/mol. The second-order valence-electron chi connectivity index (χ2n) is 5.65. The predicted octanol–water partition coefficient (Wildman–Crippen LogP) is 0.893. The van der Waals surface area contributed by atoms with E-state index in [0.29, 0.717) is 37.5 Å². The number of hydrogen-bond donors (Lipinski definition) is 0. The minimum Gasteiger partial charge on any atom is -0.486 e. The molecule has 0 spiro atoms. The summed E-state index contributed by atoms with van der Waals surface area (Å²) in [6.45, 7) is 0.781. The molecule has 7 nitrogen and oxygen atoms in total. The van der Waals surface area contributed by atoms with Crippen LogP contribution in [0.5, 0.6) is 11.5 Å². The number of rotatable bonds is 3. The standard InChI is InChI=1S/C16H19N3O4/c1-18(16(21)12-7-8-15(20)19(2)17-12)9-11-10-22-13-5-3-4-6-14(13)23-11/h3-6,11H,7-10H2,1-2H3/t11-/m1/s1. The molecule has 0 aromatic heterocycles. The number of carbonyl (C=O) groups is 2. The van der Waals surface area contributed by atoms with Crippen LogP contribution in [0.25, 0.3) is 0 Å². The Hall–Kier alpha value is -2.57. The van der Waals surface area contributed by atoms with Crippen molar-refractivity contribution in [1.29, 1.82) is 0 Å². The molecule has 23 heavy (non-hydrogen) atoms. The van der Waals surface area contributed by atoms with Crippen LogP contribution in [0.2, 0.25) is 0 Å². The summed E-state index contributed by atoms with van der Waals surface area (Å²) in [5, 5.41) is 5.27. The summed E-state index contributed by atoms with van der Waals surface area (Å²) < 4.78 is 11.5. The van der Waals surface area contributed by atoms with E-state index in [1.54, 1.807) is 19.0 Å². The van der Waals surface area contributed by atoms with E-state index in [2.05, 4.69) is 5.10 Å². The van der Waals surface area contributed by atoms with E-state index in [1.807, 2.05) is 24.3 Å². The highest BCUT2D eigenvalue weighted by molar-refractivity contribution is 6.39. The molecule has 2 aliphatic rings. The third kappa shape index (κ3) is 3.28. The number of nitrogens with zero attached hydrogens (tertiary/aromatic N) is 3. The van der Waals surface area contributed by atoms with E-state index >= 15 is 0 Å². The summed E-state index contributed by atoms with van der Waals surface area (Å²) in [7, 11) is 3.26. The minimum atomic E-state index is -0.234. The Morgan fingerprint density at radius 2 is 2.09 bits per heavy atom. The second-order valence-corrected chi connectivity index (χ2v) is 5.65. The Bertz CT molecular complexity index is 658. The number of fused-ring (bicyclic) bond motifs is 1. The van der Waals surface area contributed by atoms with Gasteiger partial charge in [0, 0.05) is 26.9 Å². The van der Waals surface area contributed by atoms with Crippen LogP contribution in [0.15, 0.2) is 29.4 Å². The monoisotopic (exact) mass is 317 g/mol. The Labute approximate surface area is 134 Å². The van der Waals surface area contributed by atoms with Gasteiger partial charge in [-0.3, -0.25) is 9.59 Å². The molecule has 2 aliphatic heterocycles. The summed E-state index contributed by atoms with van der Waals surface area (Å²) in [4.78, 5) is 25.4. The molecule has 7 heteroatoms. The summed E-state index contributed by atoms with van der Waals surface area (Å²) in [5.74, 6) is 1.14. The number of para-hydroxylation sites is 2. The molecule has 2 heterocycles. The molecule has 0 aliphatic carbocycles. The third-order valence-corrected chi connectivity index (χ3v) is 3.85. The fourth-order valence-electron chi connectivity index (χ4n) is 2.59. The van der Waals surface area contributed by atoms with E-state index in [0.717, 1.165) is 5.75 Å². The summed E-state index contributed by atoms with van der Waals surface area (Å²) >= 11 is 0. The lowest BCUT2D eigenvalue weighted by Gasteiger charge is -2.30. The van der Waals surface area contributed by atoms with Gasteiger partial charge in [0.15, 0.2) is 17.6 Å². The first-order valence-corrected chi connectivity index (χ1v) is 7.52. The van der Waals surface area contributed by atoms with Crippen LogP contribution in [0.3, 0.4) is 0 Å². The molecule has 0 radical (unpaired) electrons. The van der Waals surface area contributed by atoms with Gasteiger partial charge < -0.3 is 14.4 Å². The Kier molecular flexibility index (Phi) is 4.18. The molecule has 0 bridgehead atoms. The van der Waals surface area contributed by atoms with Crippen molar-refractivity contribution in [3.8, 4) is 11.5 Å².